The first-order valence-corrected chi connectivity index (χ1v) is 10.3. The van der Waals surface area contributed by atoms with Crippen molar-refractivity contribution in [2.75, 3.05) is 30.3 Å². The number of likely N-dealkylation sites (tertiary alicyclic amines) is 1. The molecule has 29 heavy (non-hydrogen) atoms. The molecule has 0 aliphatic carbocycles. The molecule has 4 rings (SSSR count). The first kappa shape index (κ1) is 19.7. The second-order valence-electron chi connectivity index (χ2n) is 7.28. The predicted octanol–water partition coefficient (Wildman–Crippen LogP) is 3.52. The number of hydrogen-bond acceptors (Lipinski definition) is 4. The third-order valence-electron chi connectivity index (χ3n) is 5.36. The molecule has 2 aliphatic rings. The maximum Gasteiger partial charge on any atom is 0.324 e. The Balaban J connectivity index is 1.34. The average molecular weight is 418 g/mol. The summed E-state index contributed by atoms with van der Waals surface area (Å²) in [6, 6.07) is 8.55. The molecule has 0 saturated carbocycles. The first-order valence-electron chi connectivity index (χ1n) is 9.88. The number of carbonyl (C=O) groups is 2. The number of urea groups is 1. The summed E-state index contributed by atoms with van der Waals surface area (Å²) in [6.07, 6.45) is 4.71. The Bertz CT molecular complexity index is 873. The Labute approximate surface area is 174 Å². The van der Waals surface area contributed by atoms with Gasteiger partial charge in [0.1, 0.15) is 11.9 Å². The summed E-state index contributed by atoms with van der Waals surface area (Å²) in [5.41, 5.74) is 0.540. The Morgan fingerprint density at radius 1 is 1.10 bits per heavy atom. The molecule has 1 atom stereocenters. The highest BCUT2D eigenvalue weighted by Crippen LogP contribution is 2.27. The van der Waals surface area contributed by atoms with Crippen molar-refractivity contribution in [2.45, 2.75) is 37.8 Å². The van der Waals surface area contributed by atoms with Crippen LogP contribution < -0.4 is 10.6 Å². The van der Waals surface area contributed by atoms with Crippen LogP contribution in [0.2, 0.25) is 5.02 Å². The molecule has 0 bridgehead atoms. The Kier molecular flexibility index (Phi) is 6.01. The molecule has 2 N–H and O–H groups in total. The Morgan fingerprint density at radius 2 is 1.90 bits per heavy atom. The molecule has 154 valence electrons. The number of piperidine rings is 1. The molecule has 2 fully saturated rings. The van der Waals surface area contributed by atoms with E-state index in [1.165, 1.54) is 0 Å². The highest BCUT2D eigenvalue weighted by atomic mass is 35.5. The zero-order valence-electron chi connectivity index (χ0n) is 16.0. The van der Waals surface area contributed by atoms with Gasteiger partial charge in [-0.15, -0.1) is 0 Å². The van der Waals surface area contributed by atoms with Gasteiger partial charge in [-0.1, -0.05) is 23.7 Å². The van der Waals surface area contributed by atoms with Gasteiger partial charge in [0.05, 0.1) is 22.9 Å². The standard InChI is InChI=1S/C20H24ClN5O3/c21-15-4-1-2-5-16(15)23-20(28)24-18-7-10-22-26(18)14-8-11-25(12-9-14)19(27)17-6-3-13-29-17/h1-2,4-5,7,10,14,17H,3,6,8-9,11-13H2,(H2,23,24,28). The Hall–Kier alpha value is -2.58. The summed E-state index contributed by atoms with van der Waals surface area (Å²) in [6.45, 7) is 1.99. The number of carbonyl (C=O) groups excluding carboxylic acids is 2. The second-order valence-corrected chi connectivity index (χ2v) is 7.69. The van der Waals surface area contributed by atoms with Gasteiger partial charge in [-0.3, -0.25) is 10.1 Å². The van der Waals surface area contributed by atoms with E-state index in [0.29, 0.717) is 36.2 Å². The number of nitrogens with one attached hydrogen (secondary N) is 2. The quantitative estimate of drug-likeness (QED) is 0.796. The van der Waals surface area contributed by atoms with Crippen molar-refractivity contribution in [3.63, 3.8) is 0 Å². The first-order chi connectivity index (χ1) is 14.1. The molecular weight excluding hydrogens is 394 g/mol. The van der Waals surface area contributed by atoms with Crippen LogP contribution in [0.1, 0.15) is 31.7 Å². The number of aromatic nitrogens is 2. The third kappa shape index (κ3) is 4.54. The highest BCUT2D eigenvalue weighted by Gasteiger charge is 2.31. The molecule has 9 heteroatoms. The van der Waals surface area contributed by atoms with Crippen LogP contribution in [-0.4, -0.2) is 52.4 Å². The summed E-state index contributed by atoms with van der Waals surface area (Å²) < 4.78 is 7.33. The maximum atomic E-state index is 12.5. The zero-order valence-corrected chi connectivity index (χ0v) is 16.8. The van der Waals surface area contributed by atoms with Crippen molar-refractivity contribution < 1.29 is 14.3 Å². The number of benzene rings is 1. The summed E-state index contributed by atoms with van der Waals surface area (Å²) >= 11 is 6.09. The van der Waals surface area contributed by atoms with Crippen molar-refractivity contribution in [2.24, 2.45) is 0 Å². The molecule has 3 amide bonds. The number of ether oxygens (including phenoxy) is 1. The van der Waals surface area contributed by atoms with Crippen LogP contribution in [0.3, 0.4) is 0 Å². The van der Waals surface area contributed by atoms with Crippen LogP contribution in [0.5, 0.6) is 0 Å². The smallest absolute Gasteiger partial charge is 0.324 e. The maximum absolute atomic E-state index is 12.5. The molecule has 0 radical (unpaired) electrons. The molecule has 3 heterocycles. The molecule has 1 aromatic carbocycles. The molecule has 0 spiro atoms. The summed E-state index contributed by atoms with van der Waals surface area (Å²) in [5, 5.41) is 10.4. The van der Waals surface area contributed by atoms with Crippen molar-refractivity contribution in [1.29, 1.82) is 0 Å². The SMILES string of the molecule is O=C(Nc1ccccc1Cl)Nc1ccnn1C1CCN(C(=O)C2CCCO2)CC1. The fourth-order valence-electron chi connectivity index (χ4n) is 3.84. The Morgan fingerprint density at radius 3 is 2.62 bits per heavy atom. The van der Waals surface area contributed by atoms with E-state index >= 15 is 0 Å². The number of hydrogen-bond donors (Lipinski definition) is 2. The van der Waals surface area contributed by atoms with E-state index in [9.17, 15) is 9.59 Å². The topological polar surface area (TPSA) is 88.5 Å². The fourth-order valence-corrected chi connectivity index (χ4v) is 4.03. The van der Waals surface area contributed by atoms with E-state index in [2.05, 4.69) is 15.7 Å². The fraction of sp³-hybridized carbons (Fsp3) is 0.450. The molecule has 2 saturated heterocycles. The van der Waals surface area contributed by atoms with E-state index in [1.54, 1.807) is 36.5 Å². The van der Waals surface area contributed by atoms with Gasteiger partial charge in [0.25, 0.3) is 5.91 Å². The van der Waals surface area contributed by atoms with E-state index in [1.807, 2.05) is 9.58 Å². The largest absolute Gasteiger partial charge is 0.368 e. The number of rotatable bonds is 4. The number of anilines is 2. The van der Waals surface area contributed by atoms with Crippen molar-refractivity contribution in [3.8, 4) is 0 Å². The van der Waals surface area contributed by atoms with E-state index in [0.717, 1.165) is 25.7 Å². The van der Waals surface area contributed by atoms with Gasteiger partial charge in [-0.25, -0.2) is 9.48 Å². The molecule has 1 aromatic heterocycles. The molecule has 8 nitrogen and oxygen atoms in total. The molecular formula is C20H24ClN5O3. The van der Waals surface area contributed by atoms with Crippen LogP contribution >= 0.6 is 11.6 Å². The van der Waals surface area contributed by atoms with Gasteiger partial charge in [0.15, 0.2) is 0 Å². The van der Waals surface area contributed by atoms with Crippen molar-refractivity contribution in [3.05, 3.63) is 41.6 Å². The predicted molar refractivity (Wildman–Crippen MR) is 110 cm³/mol. The lowest BCUT2D eigenvalue weighted by Gasteiger charge is -2.33. The summed E-state index contributed by atoms with van der Waals surface area (Å²) in [4.78, 5) is 26.8. The van der Waals surface area contributed by atoms with Crippen molar-refractivity contribution in [1.82, 2.24) is 14.7 Å². The van der Waals surface area contributed by atoms with E-state index in [4.69, 9.17) is 16.3 Å². The molecule has 1 unspecified atom stereocenters. The number of nitrogens with zero attached hydrogens (tertiary/aromatic N) is 3. The number of amides is 3. The molecule has 2 aromatic rings. The van der Waals surface area contributed by atoms with Crippen LogP contribution in [0.15, 0.2) is 36.5 Å². The molecule has 2 aliphatic heterocycles. The van der Waals surface area contributed by atoms with Crippen LogP contribution in [0, 0.1) is 0 Å². The lowest BCUT2D eigenvalue weighted by Crippen LogP contribution is -2.44. The number of para-hydroxylation sites is 1. The van der Waals surface area contributed by atoms with Gasteiger partial charge in [-0.2, -0.15) is 5.10 Å². The summed E-state index contributed by atoms with van der Waals surface area (Å²) in [7, 11) is 0. The normalized spacial score (nSPS) is 19.9. The minimum Gasteiger partial charge on any atom is -0.368 e. The van der Waals surface area contributed by atoms with Crippen LogP contribution in [-0.2, 0) is 9.53 Å². The second kappa shape index (κ2) is 8.84. The van der Waals surface area contributed by atoms with Crippen LogP contribution in [0.4, 0.5) is 16.3 Å². The monoisotopic (exact) mass is 417 g/mol. The lowest BCUT2D eigenvalue weighted by molar-refractivity contribution is -0.142. The van der Waals surface area contributed by atoms with Gasteiger partial charge >= 0.3 is 6.03 Å². The lowest BCUT2D eigenvalue weighted by atomic mass is 10.0. The highest BCUT2D eigenvalue weighted by molar-refractivity contribution is 6.33. The van der Waals surface area contributed by atoms with Gasteiger partial charge in [0, 0.05) is 25.8 Å². The van der Waals surface area contributed by atoms with Crippen LogP contribution in [0.25, 0.3) is 0 Å². The van der Waals surface area contributed by atoms with Crippen molar-refractivity contribution >= 4 is 35.0 Å². The van der Waals surface area contributed by atoms with Gasteiger partial charge in [-0.05, 0) is 37.8 Å². The third-order valence-corrected chi connectivity index (χ3v) is 5.69. The summed E-state index contributed by atoms with van der Waals surface area (Å²) in [5.74, 6) is 0.706. The van der Waals surface area contributed by atoms with Gasteiger partial charge in [0.2, 0.25) is 0 Å². The average Bonchev–Trinajstić information content (AvgIpc) is 3.42. The zero-order chi connectivity index (χ0) is 20.2. The number of halogens is 1. The van der Waals surface area contributed by atoms with E-state index in [-0.39, 0.29) is 24.1 Å². The minimum absolute atomic E-state index is 0.0962. The minimum atomic E-state index is -0.383. The van der Waals surface area contributed by atoms with Gasteiger partial charge < -0.3 is 15.0 Å². The van der Waals surface area contributed by atoms with E-state index < -0.39 is 0 Å².